The van der Waals surface area contributed by atoms with E-state index in [1.54, 1.807) is 18.3 Å². The van der Waals surface area contributed by atoms with Crippen molar-refractivity contribution in [2.24, 2.45) is 0 Å². The Labute approximate surface area is 177 Å². The Morgan fingerprint density at radius 3 is 2.76 bits per heavy atom. The van der Waals surface area contributed by atoms with E-state index in [2.05, 4.69) is 20.2 Å². The second-order valence-corrected chi connectivity index (χ2v) is 7.08. The van der Waals surface area contributed by atoms with E-state index in [-0.39, 0.29) is 18.7 Å². The average Bonchev–Trinajstić information content (AvgIpc) is 3.03. The van der Waals surface area contributed by atoms with Gasteiger partial charge in [-0.15, -0.1) is 0 Å². The molecule has 1 saturated heterocycles. The van der Waals surface area contributed by atoms with Crippen molar-refractivity contribution in [2.45, 2.75) is 6.42 Å². The number of hydrogen-bond acceptors (Lipinski definition) is 7. The number of carbonyl (C=O) groups excluding carboxylic acids is 1. The van der Waals surface area contributed by atoms with E-state index in [0.717, 1.165) is 49.5 Å². The van der Waals surface area contributed by atoms with Crippen LogP contribution in [-0.4, -0.2) is 41.9 Å². The summed E-state index contributed by atoms with van der Waals surface area (Å²) in [4.78, 5) is 24.2. The molecule has 5 N–H and O–H groups in total. The van der Waals surface area contributed by atoms with Crippen LogP contribution < -0.4 is 21.7 Å². The molecule has 3 heterocycles. The lowest BCUT2D eigenvalue weighted by molar-refractivity contribution is 0.103. The maximum atomic E-state index is 13.2. The fraction of sp³-hybridized carbons (Fsp3) is 0.227. The molecule has 3 aromatic rings. The van der Waals surface area contributed by atoms with E-state index in [9.17, 15) is 4.79 Å². The highest BCUT2D eigenvalue weighted by atomic mass is 16.1. The van der Waals surface area contributed by atoms with Gasteiger partial charge in [-0.3, -0.25) is 4.79 Å². The van der Waals surface area contributed by atoms with Gasteiger partial charge < -0.3 is 21.7 Å². The Bertz CT molecular complexity index is 1050. The third-order valence-electron chi connectivity index (χ3n) is 5.01. The minimum Gasteiger partial charge on any atom is -0.399 e. The summed E-state index contributed by atoms with van der Waals surface area (Å²) < 4.78 is 0. The first-order chi connectivity index (χ1) is 14.1. The molecule has 0 atom stereocenters. The third kappa shape index (κ3) is 4.20. The molecule has 29 heavy (non-hydrogen) atoms. The number of aromatic nitrogens is 2. The molecule has 0 radical (unpaired) electrons. The van der Waals surface area contributed by atoms with Crippen molar-refractivity contribution in [3.8, 4) is 11.1 Å². The first-order valence-corrected chi connectivity index (χ1v) is 9.71. The summed E-state index contributed by atoms with van der Waals surface area (Å²) in [6.07, 6.45) is 2.69. The van der Waals surface area contributed by atoms with Crippen LogP contribution in [0.3, 0.4) is 0 Å². The Morgan fingerprint density at radius 2 is 1.90 bits per heavy atom. The van der Waals surface area contributed by atoms with E-state index in [1.807, 2.05) is 36.4 Å². The zero-order valence-electron chi connectivity index (χ0n) is 16.1. The molecule has 0 aliphatic carbocycles. The van der Waals surface area contributed by atoms with Crippen molar-refractivity contribution in [3.63, 3.8) is 0 Å². The van der Waals surface area contributed by atoms with Crippen LogP contribution in [0, 0.1) is 0 Å². The summed E-state index contributed by atoms with van der Waals surface area (Å²) >= 11 is 0. The van der Waals surface area contributed by atoms with Crippen molar-refractivity contribution in [1.82, 2.24) is 15.3 Å². The van der Waals surface area contributed by atoms with Gasteiger partial charge in [0.1, 0.15) is 17.3 Å². The standard InChI is InChI=1S/C22H24N6O.5H2/c23-17-5-1-4-15(12-17)16-13-18(22(24)26-14-16)21(29)19-6-2-7-20(27-19)28-10-3-8-25-9-11-28;;;;;/h1-2,4-7,12-14,25H,3,8-11,23H2,(H2,24,26);5*1H. The molecule has 0 spiro atoms. The Morgan fingerprint density at radius 1 is 1.03 bits per heavy atom. The van der Waals surface area contributed by atoms with E-state index < -0.39 is 0 Å². The van der Waals surface area contributed by atoms with Crippen molar-refractivity contribution in [1.29, 1.82) is 0 Å². The topological polar surface area (TPSA) is 110 Å². The lowest BCUT2D eigenvalue weighted by atomic mass is 10.0. The van der Waals surface area contributed by atoms with Gasteiger partial charge in [0, 0.05) is 44.2 Å². The molecule has 0 unspecified atom stereocenters. The SMILES string of the molecule is Nc1cccc(-c2cnc(N)c(C(=O)c3cccc(N4CCCNCC4)n3)c2)c1.[HH].[HH].[HH].[HH].[HH]. The number of nitrogens with one attached hydrogen (secondary N) is 1. The predicted octanol–water partition coefficient (Wildman–Crippen LogP) is 3.57. The number of nitrogens with two attached hydrogens (primary N) is 2. The van der Waals surface area contributed by atoms with E-state index in [1.165, 1.54) is 0 Å². The maximum Gasteiger partial charge on any atom is 0.215 e. The van der Waals surface area contributed by atoms with Crippen LogP contribution in [0.25, 0.3) is 11.1 Å². The molecule has 2 aromatic heterocycles. The van der Waals surface area contributed by atoms with Gasteiger partial charge in [-0.1, -0.05) is 18.2 Å². The van der Waals surface area contributed by atoms with Crippen molar-refractivity contribution in [3.05, 3.63) is 66.0 Å². The van der Waals surface area contributed by atoms with Gasteiger partial charge in [0.15, 0.2) is 0 Å². The van der Waals surface area contributed by atoms with Gasteiger partial charge in [0.25, 0.3) is 0 Å². The van der Waals surface area contributed by atoms with Gasteiger partial charge in [0.05, 0.1) is 5.56 Å². The summed E-state index contributed by atoms with van der Waals surface area (Å²) in [5.74, 6) is 0.752. The van der Waals surface area contributed by atoms with Crippen LogP contribution in [-0.2, 0) is 0 Å². The Hall–Kier alpha value is -3.45. The highest BCUT2D eigenvalue weighted by Gasteiger charge is 2.18. The van der Waals surface area contributed by atoms with E-state index in [4.69, 9.17) is 11.5 Å². The summed E-state index contributed by atoms with van der Waals surface area (Å²) in [7, 11) is 0. The molecule has 158 valence electrons. The zero-order valence-corrected chi connectivity index (χ0v) is 16.1. The van der Waals surface area contributed by atoms with Crippen LogP contribution in [0.4, 0.5) is 17.3 Å². The molecule has 1 aromatic carbocycles. The van der Waals surface area contributed by atoms with E-state index >= 15 is 0 Å². The molecule has 0 saturated carbocycles. The Kier molecular flexibility index (Phi) is 5.39. The molecule has 1 fully saturated rings. The molecule has 7 heteroatoms. The summed E-state index contributed by atoms with van der Waals surface area (Å²) in [5, 5.41) is 3.37. The molecular weight excluding hydrogens is 364 g/mol. The van der Waals surface area contributed by atoms with Gasteiger partial charge in [-0.05, 0) is 48.9 Å². The van der Waals surface area contributed by atoms with Gasteiger partial charge in [0.2, 0.25) is 5.78 Å². The van der Waals surface area contributed by atoms with Gasteiger partial charge in [-0.25, -0.2) is 9.97 Å². The van der Waals surface area contributed by atoms with Gasteiger partial charge >= 0.3 is 0 Å². The summed E-state index contributed by atoms with van der Waals surface area (Å²) in [6, 6.07) is 14.7. The largest absolute Gasteiger partial charge is 0.399 e. The second-order valence-electron chi connectivity index (χ2n) is 7.08. The number of nitrogen functional groups attached to an aromatic ring is 2. The van der Waals surface area contributed by atoms with E-state index in [0.29, 0.717) is 16.9 Å². The number of hydrogen-bond donors (Lipinski definition) is 3. The van der Waals surface area contributed by atoms with Gasteiger partial charge in [-0.2, -0.15) is 0 Å². The summed E-state index contributed by atoms with van der Waals surface area (Å²) in [6.45, 7) is 3.67. The van der Waals surface area contributed by atoms with Crippen LogP contribution in [0.15, 0.2) is 54.7 Å². The molecule has 1 aliphatic rings. The predicted molar refractivity (Wildman–Crippen MR) is 126 cm³/mol. The summed E-state index contributed by atoms with van der Waals surface area (Å²) in [5.41, 5.74) is 14.9. The molecule has 0 bridgehead atoms. The van der Waals surface area contributed by atoms with Crippen molar-refractivity contribution in [2.75, 3.05) is 42.5 Å². The lowest BCUT2D eigenvalue weighted by Crippen LogP contribution is -2.29. The smallest absolute Gasteiger partial charge is 0.215 e. The molecule has 0 amide bonds. The normalized spacial score (nSPS) is 14.4. The Balaban J connectivity index is 0. The number of carbonyl (C=O) groups is 1. The number of pyridine rings is 2. The highest BCUT2D eigenvalue weighted by molar-refractivity contribution is 6.11. The first kappa shape index (κ1) is 18.9. The number of ketones is 1. The monoisotopic (exact) mass is 398 g/mol. The van der Waals surface area contributed by atoms with Crippen LogP contribution >= 0.6 is 0 Å². The molecular formula is C22H34N6O. The highest BCUT2D eigenvalue weighted by Crippen LogP contribution is 2.25. The lowest BCUT2D eigenvalue weighted by Gasteiger charge is -2.21. The third-order valence-corrected chi connectivity index (χ3v) is 5.01. The second kappa shape index (κ2) is 8.28. The number of benzene rings is 1. The number of nitrogens with zero attached hydrogens (tertiary/aromatic N) is 3. The van der Waals surface area contributed by atoms with Crippen LogP contribution in [0.1, 0.15) is 29.6 Å². The fourth-order valence-corrected chi connectivity index (χ4v) is 3.47. The number of anilines is 3. The first-order valence-electron chi connectivity index (χ1n) is 9.71. The number of rotatable bonds is 4. The average molecular weight is 399 g/mol. The molecule has 1 aliphatic heterocycles. The molecule has 7 nitrogen and oxygen atoms in total. The minimum atomic E-state index is -0.240. The van der Waals surface area contributed by atoms with Crippen molar-refractivity contribution >= 4 is 23.1 Å². The molecule has 4 rings (SSSR count). The quantitative estimate of drug-likeness (QED) is 0.455. The zero-order chi connectivity index (χ0) is 20.2. The fourth-order valence-electron chi connectivity index (χ4n) is 3.47. The van der Waals surface area contributed by atoms with Crippen LogP contribution in [0.2, 0.25) is 0 Å². The van der Waals surface area contributed by atoms with Crippen LogP contribution in [0.5, 0.6) is 0 Å². The maximum absolute atomic E-state index is 13.2. The van der Waals surface area contributed by atoms with Crippen molar-refractivity contribution < 1.29 is 11.9 Å². The minimum absolute atomic E-state index is 0.